The topological polar surface area (TPSA) is 26.3 Å². The fourth-order valence-corrected chi connectivity index (χ4v) is 2.69. The van der Waals surface area contributed by atoms with E-state index in [-0.39, 0.29) is 0 Å². The molecule has 0 spiro atoms. The van der Waals surface area contributed by atoms with Gasteiger partial charge in [-0.15, -0.1) is 0 Å². The summed E-state index contributed by atoms with van der Waals surface area (Å²) in [5, 5.41) is 0. The van der Waals surface area contributed by atoms with Gasteiger partial charge in [0, 0.05) is 12.3 Å². The van der Waals surface area contributed by atoms with E-state index in [1.807, 2.05) is 0 Å². The normalized spacial score (nSPS) is 36.4. The van der Waals surface area contributed by atoms with Crippen molar-refractivity contribution in [3.63, 3.8) is 0 Å². The molecule has 2 saturated heterocycles. The Hall–Kier alpha value is -0.370. The minimum atomic E-state index is 0.309. The first-order chi connectivity index (χ1) is 6.65. The van der Waals surface area contributed by atoms with Crippen LogP contribution < -0.4 is 0 Å². The van der Waals surface area contributed by atoms with Gasteiger partial charge in [-0.2, -0.15) is 0 Å². The van der Waals surface area contributed by atoms with Crippen LogP contribution in [0.15, 0.2) is 0 Å². The molecule has 80 valence electrons. The van der Waals surface area contributed by atoms with Crippen molar-refractivity contribution in [1.29, 1.82) is 0 Å². The third kappa shape index (κ3) is 2.17. The maximum atomic E-state index is 11.9. The van der Waals surface area contributed by atoms with Gasteiger partial charge in [0.2, 0.25) is 0 Å². The van der Waals surface area contributed by atoms with Crippen LogP contribution in [0.1, 0.15) is 46.0 Å². The Balaban J connectivity index is 1.89. The predicted molar refractivity (Wildman–Crippen MR) is 55.1 cm³/mol. The number of ether oxygens (including phenoxy) is 1. The number of Topliss-reactive ketones (excluding diaryl/α,β-unsaturated/α-hetero) is 1. The molecule has 0 aromatic heterocycles. The predicted octanol–water partition coefficient (Wildman–Crippen LogP) is 2.56. The summed E-state index contributed by atoms with van der Waals surface area (Å²) in [7, 11) is 0. The summed E-state index contributed by atoms with van der Waals surface area (Å²) < 4.78 is 5.73. The number of carbonyl (C=O) groups excluding carboxylic acids is 1. The second kappa shape index (κ2) is 4.01. The molecule has 0 aromatic rings. The zero-order valence-electron chi connectivity index (χ0n) is 9.16. The summed E-state index contributed by atoms with van der Waals surface area (Å²) in [6, 6.07) is 0. The fraction of sp³-hybridized carbons (Fsp3) is 0.917. The number of ketones is 1. The third-order valence-electron chi connectivity index (χ3n) is 3.36. The summed E-state index contributed by atoms with van der Waals surface area (Å²) in [6.45, 7) is 4.23. The molecule has 2 rings (SSSR count). The standard InChI is InChI=1S/C12H20O2/c1-8(2)5-12(13)9-6-10-3-4-11(7-9)14-10/h8-11H,3-7H2,1-2H3. The molecular formula is C12H20O2. The first-order valence-corrected chi connectivity index (χ1v) is 5.83. The van der Waals surface area contributed by atoms with Crippen molar-refractivity contribution in [1.82, 2.24) is 0 Å². The average Bonchev–Trinajstić information content (AvgIpc) is 2.44. The Morgan fingerprint density at radius 2 is 1.86 bits per heavy atom. The Labute approximate surface area is 86.0 Å². The Kier molecular flexibility index (Phi) is 2.91. The van der Waals surface area contributed by atoms with E-state index in [4.69, 9.17) is 4.74 Å². The van der Waals surface area contributed by atoms with Gasteiger partial charge in [-0.05, 0) is 31.6 Å². The Morgan fingerprint density at radius 3 is 2.36 bits per heavy atom. The lowest BCUT2D eigenvalue weighted by Crippen LogP contribution is -2.30. The average molecular weight is 196 g/mol. The first kappa shape index (κ1) is 10.2. The van der Waals surface area contributed by atoms with Gasteiger partial charge in [0.05, 0.1) is 12.2 Å². The summed E-state index contributed by atoms with van der Waals surface area (Å²) in [4.78, 5) is 11.9. The number of hydrogen-bond acceptors (Lipinski definition) is 2. The monoisotopic (exact) mass is 196 g/mol. The fourth-order valence-electron chi connectivity index (χ4n) is 2.69. The highest BCUT2D eigenvalue weighted by Crippen LogP contribution is 2.36. The molecule has 0 aromatic carbocycles. The third-order valence-corrected chi connectivity index (χ3v) is 3.36. The van der Waals surface area contributed by atoms with Crippen molar-refractivity contribution >= 4 is 5.78 Å². The molecule has 2 aliphatic heterocycles. The molecule has 2 aliphatic rings. The summed E-state index contributed by atoms with van der Waals surface area (Å²) in [6.07, 6.45) is 5.88. The maximum Gasteiger partial charge on any atom is 0.136 e. The Morgan fingerprint density at radius 1 is 1.29 bits per heavy atom. The molecule has 0 amide bonds. The van der Waals surface area contributed by atoms with Crippen LogP contribution in [0.5, 0.6) is 0 Å². The number of carbonyl (C=O) groups is 1. The molecule has 0 N–H and O–H groups in total. The van der Waals surface area contributed by atoms with Crippen LogP contribution in [0.3, 0.4) is 0 Å². The van der Waals surface area contributed by atoms with Gasteiger partial charge in [0.15, 0.2) is 0 Å². The highest BCUT2D eigenvalue weighted by molar-refractivity contribution is 5.81. The molecule has 2 heterocycles. The highest BCUT2D eigenvalue weighted by atomic mass is 16.5. The van der Waals surface area contributed by atoms with Gasteiger partial charge in [-0.3, -0.25) is 4.79 Å². The second-order valence-corrected chi connectivity index (χ2v) is 5.19. The summed E-state index contributed by atoms with van der Waals surface area (Å²) in [5.74, 6) is 1.28. The Bertz CT molecular complexity index is 210. The van der Waals surface area contributed by atoms with Crippen molar-refractivity contribution < 1.29 is 9.53 Å². The van der Waals surface area contributed by atoms with Crippen molar-refractivity contribution in [2.45, 2.75) is 58.2 Å². The highest BCUT2D eigenvalue weighted by Gasteiger charge is 2.37. The number of fused-ring (bicyclic) bond motifs is 2. The van der Waals surface area contributed by atoms with Gasteiger partial charge < -0.3 is 4.74 Å². The van der Waals surface area contributed by atoms with Crippen LogP contribution in [0.25, 0.3) is 0 Å². The largest absolute Gasteiger partial charge is 0.375 e. The smallest absolute Gasteiger partial charge is 0.136 e. The lowest BCUT2D eigenvalue weighted by atomic mass is 9.87. The van der Waals surface area contributed by atoms with Crippen LogP contribution in [0.4, 0.5) is 0 Å². The van der Waals surface area contributed by atoms with Gasteiger partial charge in [0.25, 0.3) is 0 Å². The molecule has 2 fully saturated rings. The van der Waals surface area contributed by atoms with E-state index in [0.29, 0.717) is 29.8 Å². The lowest BCUT2D eigenvalue weighted by molar-refractivity contribution is -0.129. The van der Waals surface area contributed by atoms with Crippen molar-refractivity contribution in [2.75, 3.05) is 0 Å². The number of rotatable bonds is 3. The SMILES string of the molecule is CC(C)CC(=O)C1CC2CCC(C1)O2. The van der Waals surface area contributed by atoms with Crippen LogP contribution >= 0.6 is 0 Å². The number of hydrogen-bond donors (Lipinski definition) is 0. The van der Waals surface area contributed by atoms with Crippen LogP contribution in [-0.2, 0) is 9.53 Å². The van der Waals surface area contributed by atoms with Crippen molar-refractivity contribution in [2.24, 2.45) is 11.8 Å². The van der Waals surface area contributed by atoms with E-state index >= 15 is 0 Å². The van der Waals surface area contributed by atoms with E-state index < -0.39 is 0 Å². The van der Waals surface area contributed by atoms with Gasteiger partial charge in [0.1, 0.15) is 5.78 Å². The summed E-state index contributed by atoms with van der Waals surface area (Å²) in [5.41, 5.74) is 0. The van der Waals surface area contributed by atoms with Crippen LogP contribution in [0.2, 0.25) is 0 Å². The van der Waals surface area contributed by atoms with Gasteiger partial charge in [-0.25, -0.2) is 0 Å². The van der Waals surface area contributed by atoms with E-state index in [1.54, 1.807) is 0 Å². The van der Waals surface area contributed by atoms with E-state index in [0.717, 1.165) is 19.3 Å². The van der Waals surface area contributed by atoms with Gasteiger partial charge in [-0.1, -0.05) is 13.8 Å². The van der Waals surface area contributed by atoms with E-state index in [1.165, 1.54) is 12.8 Å². The molecule has 14 heavy (non-hydrogen) atoms. The molecule has 0 radical (unpaired) electrons. The first-order valence-electron chi connectivity index (χ1n) is 5.83. The lowest BCUT2D eigenvalue weighted by Gasteiger charge is -2.27. The van der Waals surface area contributed by atoms with Gasteiger partial charge >= 0.3 is 0 Å². The van der Waals surface area contributed by atoms with Crippen molar-refractivity contribution in [3.8, 4) is 0 Å². The van der Waals surface area contributed by atoms with Crippen LogP contribution in [-0.4, -0.2) is 18.0 Å². The minimum absolute atomic E-state index is 0.309. The zero-order chi connectivity index (χ0) is 10.1. The summed E-state index contributed by atoms with van der Waals surface area (Å²) >= 11 is 0. The molecule has 0 aliphatic carbocycles. The molecule has 2 unspecified atom stereocenters. The quantitative estimate of drug-likeness (QED) is 0.693. The zero-order valence-corrected chi connectivity index (χ0v) is 9.16. The van der Waals surface area contributed by atoms with Crippen LogP contribution in [0, 0.1) is 11.8 Å². The van der Waals surface area contributed by atoms with Crippen molar-refractivity contribution in [3.05, 3.63) is 0 Å². The molecular weight excluding hydrogens is 176 g/mol. The molecule has 2 nitrogen and oxygen atoms in total. The molecule has 2 atom stereocenters. The molecule has 0 saturated carbocycles. The van der Waals surface area contributed by atoms with E-state index in [2.05, 4.69) is 13.8 Å². The second-order valence-electron chi connectivity index (χ2n) is 5.19. The minimum Gasteiger partial charge on any atom is -0.375 e. The maximum absolute atomic E-state index is 11.9. The molecule has 2 bridgehead atoms. The molecule has 2 heteroatoms. The van der Waals surface area contributed by atoms with E-state index in [9.17, 15) is 4.79 Å².